The Kier molecular flexibility index (Phi) is 3.05. The second-order valence-corrected chi connectivity index (χ2v) is 3.61. The van der Waals surface area contributed by atoms with E-state index in [-0.39, 0.29) is 0 Å². The molecule has 0 saturated heterocycles. The molecule has 0 atom stereocenters. The van der Waals surface area contributed by atoms with Gasteiger partial charge in [0.1, 0.15) is 11.5 Å². The zero-order valence-electron chi connectivity index (χ0n) is 7.92. The maximum absolute atomic E-state index is 10.5. The quantitative estimate of drug-likeness (QED) is 0.737. The molecule has 3 heteroatoms. The minimum atomic E-state index is 0.478. The summed E-state index contributed by atoms with van der Waals surface area (Å²) in [5.74, 6) is 1.53. The van der Waals surface area contributed by atoms with Gasteiger partial charge in [-0.25, -0.2) is 0 Å². The van der Waals surface area contributed by atoms with Gasteiger partial charge in [-0.15, -0.1) is 0 Å². The van der Waals surface area contributed by atoms with Crippen molar-refractivity contribution in [3.63, 3.8) is 0 Å². The second-order valence-electron chi connectivity index (χ2n) is 2.97. The van der Waals surface area contributed by atoms with Gasteiger partial charge in [0.05, 0.1) is 0 Å². The largest absolute Gasteiger partial charge is 0.505 e. The van der Waals surface area contributed by atoms with E-state index < -0.39 is 0 Å². The van der Waals surface area contributed by atoms with E-state index in [2.05, 4.69) is 0 Å². The zero-order valence-corrected chi connectivity index (χ0v) is 8.74. The van der Waals surface area contributed by atoms with Gasteiger partial charge in [0, 0.05) is 16.3 Å². The highest BCUT2D eigenvalue weighted by atomic mass is 32.1. The Labute approximate surface area is 92.0 Å². The van der Waals surface area contributed by atoms with Gasteiger partial charge in [0.2, 0.25) is 0 Å². The lowest BCUT2D eigenvalue weighted by molar-refractivity contribution is 0.482. The summed E-state index contributed by atoms with van der Waals surface area (Å²) in [6.45, 7) is 0. The first-order valence-corrected chi connectivity index (χ1v) is 5.25. The smallest absolute Gasteiger partial charge is 0.457 e. The van der Waals surface area contributed by atoms with Gasteiger partial charge in [-0.2, -0.15) is 0 Å². The van der Waals surface area contributed by atoms with Crippen LogP contribution >= 0.6 is 0 Å². The van der Waals surface area contributed by atoms with Crippen molar-refractivity contribution in [2.24, 2.45) is 0 Å². The Morgan fingerprint density at radius 2 is 1.40 bits per heavy atom. The molecule has 0 amide bonds. The van der Waals surface area contributed by atoms with Crippen LogP contribution in [0.25, 0.3) is 0 Å². The molecule has 2 aromatic rings. The summed E-state index contributed by atoms with van der Waals surface area (Å²) in [6.07, 6.45) is 0. The molecule has 2 nitrogen and oxygen atoms in total. The summed E-state index contributed by atoms with van der Waals surface area (Å²) in [6, 6.07) is 16.6. The minimum absolute atomic E-state index is 0.478. The molecule has 0 bridgehead atoms. The number of ether oxygens (including phenoxy) is 1. The molecule has 2 rings (SSSR count). The maximum atomic E-state index is 10.5. The molecular weight excluding hydrogens is 208 g/mol. The lowest BCUT2D eigenvalue weighted by atomic mass is 10.3. The Hall–Kier alpha value is -1.74. The summed E-state index contributed by atoms with van der Waals surface area (Å²) in [4.78, 5) is 0.690. The van der Waals surface area contributed by atoms with Gasteiger partial charge in [-0.1, -0.05) is 18.2 Å². The van der Waals surface area contributed by atoms with Crippen molar-refractivity contribution in [1.29, 1.82) is 0 Å². The third-order valence-corrected chi connectivity index (χ3v) is 2.36. The van der Waals surface area contributed by atoms with E-state index in [4.69, 9.17) is 4.74 Å². The molecule has 0 radical (unpaired) electrons. The Morgan fingerprint density at radius 1 is 0.800 bits per heavy atom. The van der Waals surface area contributed by atoms with Crippen molar-refractivity contribution in [2.75, 3.05) is 0 Å². The van der Waals surface area contributed by atoms with Gasteiger partial charge in [0.15, 0.2) is 0 Å². The van der Waals surface area contributed by atoms with Crippen LogP contribution < -0.4 is 4.74 Å². The molecule has 0 heterocycles. The van der Waals surface area contributed by atoms with Gasteiger partial charge in [-0.05, 0) is 24.3 Å². The molecule has 0 N–H and O–H groups in total. The molecular formula is C12H9O2S+. The van der Waals surface area contributed by atoms with E-state index >= 15 is 0 Å². The van der Waals surface area contributed by atoms with E-state index in [0.717, 1.165) is 11.5 Å². The van der Waals surface area contributed by atoms with E-state index in [1.807, 2.05) is 30.3 Å². The Balaban J connectivity index is 2.15. The molecule has 0 unspecified atom stereocenters. The van der Waals surface area contributed by atoms with Crippen molar-refractivity contribution in [3.05, 3.63) is 54.6 Å². The van der Waals surface area contributed by atoms with Crippen molar-refractivity contribution in [2.45, 2.75) is 4.90 Å². The highest BCUT2D eigenvalue weighted by molar-refractivity contribution is 7.65. The Bertz CT molecular complexity index is 437. The minimum Gasteiger partial charge on any atom is -0.457 e. The topological polar surface area (TPSA) is 26.3 Å². The molecule has 0 spiro atoms. The molecule has 15 heavy (non-hydrogen) atoms. The average Bonchev–Trinajstić information content (AvgIpc) is 2.31. The predicted molar refractivity (Wildman–Crippen MR) is 59.3 cm³/mol. The molecule has 0 aliphatic heterocycles. The molecule has 0 aliphatic carbocycles. The van der Waals surface area contributed by atoms with Crippen LogP contribution in [0.4, 0.5) is 0 Å². The summed E-state index contributed by atoms with van der Waals surface area (Å²) >= 11 is 0.478. The lowest BCUT2D eigenvalue weighted by Crippen LogP contribution is -1.83. The fourth-order valence-electron chi connectivity index (χ4n) is 1.19. The summed E-state index contributed by atoms with van der Waals surface area (Å²) in [5, 5.41) is 0. The molecule has 0 aliphatic rings. The highest BCUT2D eigenvalue weighted by Crippen LogP contribution is 2.20. The molecule has 0 aromatic heterocycles. The first kappa shape index (κ1) is 9.80. The third kappa shape index (κ3) is 2.60. The number of hydrogen-bond donors (Lipinski definition) is 0. The van der Waals surface area contributed by atoms with Crippen LogP contribution in [0, 0.1) is 0 Å². The van der Waals surface area contributed by atoms with Crippen LogP contribution in [0.5, 0.6) is 11.5 Å². The van der Waals surface area contributed by atoms with E-state index in [1.54, 1.807) is 24.3 Å². The van der Waals surface area contributed by atoms with E-state index in [0.29, 0.717) is 16.6 Å². The van der Waals surface area contributed by atoms with Crippen LogP contribution in [-0.2, 0) is 15.9 Å². The van der Waals surface area contributed by atoms with Crippen molar-refractivity contribution in [1.82, 2.24) is 0 Å². The molecule has 74 valence electrons. The fraction of sp³-hybridized carbons (Fsp3) is 0. The standard InChI is InChI=1S/C12H9O2S/c13-15-12-8-6-11(7-9-12)14-10-4-2-1-3-5-10/h1-9H/q+1. The molecule has 0 fully saturated rings. The number of benzene rings is 2. The number of hydrogen-bond acceptors (Lipinski definition) is 2. The van der Waals surface area contributed by atoms with E-state index in [1.165, 1.54) is 0 Å². The summed E-state index contributed by atoms with van der Waals surface area (Å²) < 4.78 is 16.0. The van der Waals surface area contributed by atoms with Gasteiger partial charge in [0.25, 0.3) is 4.90 Å². The van der Waals surface area contributed by atoms with Crippen LogP contribution in [0.1, 0.15) is 0 Å². The van der Waals surface area contributed by atoms with Crippen LogP contribution in [-0.4, -0.2) is 0 Å². The average molecular weight is 217 g/mol. The number of para-hydroxylation sites is 1. The monoisotopic (exact) mass is 217 g/mol. The van der Waals surface area contributed by atoms with Gasteiger partial charge in [-0.3, -0.25) is 0 Å². The number of rotatable bonds is 3. The van der Waals surface area contributed by atoms with Crippen LogP contribution in [0.3, 0.4) is 0 Å². The first-order valence-electron chi connectivity index (χ1n) is 4.51. The van der Waals surface area contributed by atoms with E-state index in [9.17, 15) is 4.21 Å². The predicted octanol–water partition coefficient (Wildman–Crippen LogP) is 3.27. The Morgan fingerprint density at radius 3 is 2.00 bits per heavy atom. The fourth-order valence-corrected chi connectivity index (χ4v) is 1.44. The molecule has 0 saturated carbocycles. The SMILES string of the molecule is O=[S+]c1ccc(Oc2ccccc2)cc1. The third-order valence-electron chi connectivity index (χ3n) is 1.90. The van der Waals surface area contributed by atoms with Gasteiger partial charge >= 0.3 is 11.7 Å². The first-order chi connectivity index (χ1) is 7.38. The van der Waals surface area contributed by atoms with Crippen molar-refractivity contribution < 1.29 is 8.95 Å². The van der Waals surface area contributed by atoms with Crippen molar-refractivity contribution >= 4 is 11.7 Å². The van der Waals surface area contributed by atoms with Gasteiger partial charge < -0.3 is 4.74 Å². The molecule has 2 aromatic carbocycles. The highest BCUT2D eigenvalue weighted by Gasteiger charge is 2.05. The lowest BCUT2D eigenvalue weighted by Gasteiger charge is -2.03. The van der Waals surface area contributed by atoms with Crippen LogP contribution in [0.15, 0.2) is 59.5 Å². The zero-order chi connectivity index (χ0) is 10.5. The second kappa shape index (κ2) is 4.66. The maximum Gasteiger partial charge on any atom is 0.505 e. The summed E-state index contributed by atoms with van der Waals surface area (Å²) in [5.41, 5.74) is 0. The van der Waals surface area contributed by atoms with Crippen molar-refractivity contribution in [3.8, 4) is 11.5 Å². The normalized spacial score (nSPS) is 9.60. The van der Waals surface area contributed by atoms with Crippen LogP contribution in [0.2, 0.25) is 0 Å². The summed E-state index contributed by atoms with van der Waals surface area (Å²) in [7, 11) is 0.